The van der Waals surface area contributed by atoms with Crippen molar-refractivity contribution >= 4 is 0 Å². The zero-order chi connectivity index (χ0) is 12.0. The van der Waals surface area contributed by atoms with Crippen molar-refractivity contribution in [2.24, 2.45) is 0 Å². The highest BCUT2D eigenvalue weighted by Crippen LogP contribution is 2.24. The molecule has 2 N–H and O–H groups in total. The van der Waals surface area contributed by atoms with Gasteiger partial charge in [0.25, 0.3) is 0 Å². The molecule has 0 spiro atoms. The van der Waals surface area contributed by atoms with Gasteiger partial charge in [-0.3, -0.25) is 0 Å². The lowest BCUT2D eigenvalue weighted by atomic mass is 10.1. The number of methoxy groups -OCH3 is 1. The lowest BCUT2D eigenvalue weighted by molar-refractivity contribution is 0.264. The Morgan fingerprint density at radius 1 is 1.31 bits per heavy atom. The lowest BCUT2D eigenvalue weighted by Gasteiger charge is -2.21. The molecule has 0 aliphatic carbocycles. The van der Waals surface area contributed by atoms with Crippen LogP contribution in [0.5, 0.6) is 5.75 Å². The quantitative estimate of drug-likeness (QED) is 0.776. The van der Waals surface area contributed by atoms with E-state index in [2.05, 4.69) is 25.2 Å². The van der Waals surface area contributed by atoms with Gasteiger partial charge >= 0.3 is 0 Å². The summed E-state index contributed by atoms with van der Waals surface area (Å²) in [4.78, 5) is 0. The second-order valence-electron chi connectivity index (χ2n) is 4.04. The van der Waals surface area contributed by atoms with Crippen LogP contribution < -0.4 is 10.1 Å². The highest BCUT2D eigenvalue weighted by atomic mass is 16.5. The Balaban J connectivity index is 2.68. The Kier molecular flexibility index (Phi) is 5.29. The van der Waals surface area contributed by atoms with Crippen molar-refractivity contribution in [2.75, 3.05) is 13.7 Å². The molecule has 0 heterocycles. The summed E-state index contributed by atoms with van der Waals surface area (Å²) in [5.41, 5.74) is 1.15. The first kappa shape index (κ1) is 13.0. The monoisotopic (exact) mass is 223 g/mol. The van der Waals surface area contributed by atoms with Gasteiger partial charge in [0, 0.05) is 24.3 Å². The number of ether oxygens (including phenoxy) is 1. The van der Waals surface area contributed by atoms with Crippen LogP contribution >= 0.6 is 0 Å². The van der Waals surface area contributed by atoms with Gasteiger partial charge in [0.2, 0.25) is 0 Å². The molecule has 0 fully saturated rings. The summed E-state index contributed by atoms with van der Waals surface area (Å²) >= 11 is 0. The molecule has 16 heavy (non-hydrogen) atoms. The van der Waals surface area contributed by atoms with E-state index >= 15 is 0 Å². The van der Waals surface area contributed by atoms with Gasteiger partial charge in [-0.15, -0.1) is 0 Å². The van der Waals surface area contributed by atoms with Gasteiger partial charge in [-0.05, 0) is 26.3 Å². The van der Waals surface area contributed by atoms with E-state index in [9.17, 15) is 0 Å². The van der Waals surface area contributed by atoms with E-state index in [4.69, 9.17) is 9.84 Å². The molecular formula is C13H21NO2. The van der Waals surface area contributed by atoms with Gasteiger partial charge in [-0.2, -0.15) is 0 Å². The highest BCUT2D eigenvalue weighted by Gasteiger charge is 2.12. The van der Waals surface area contributed by atoms with Crippen LogP contribution in [0.1, 0.15) is 31.9 Å². The van der Waals surface area contributed by atoms with Crippen LogP contribution in [0.25, 0.3) is 0 Å². The van der Waals surface area contributed by atoms with Crippen molar-refractivity contribution in [2.45, 2.75) is 32.4 Å². The molecule has 3 heteroatoms. The van der Waals surface area contributed by atoms with Crippen LogP contribution in [0.15, 0.2) is 24.3 Å². The topological polar surface area (TPSA) is 41.5 Å². The molecule has 2 atom stereocenters. The summed E-state index contributed by atoms with van der Waals surface area (Å²) in [6.45, 7) is 4.39. The third kappa shape index (κ3) is 3.51. The van der Waals surface area contributed by atoms with Crippen LogP contribution in [-0.4, -0.2) is 24.9 Å². The zero-order valence-electron chi connectivity index (χ0n) is 10.2. The average molecular weight is 223 g/mol. The number of aliphatic hydroxyl groups is 1. The van der Waals surface area contributed by atoms with E-state index in [0.29, 0.717) is 6.04 Å². The predicted octanol–water partition coefficient (Wildman–Crippen LogP) is 2.12. The molecule has 0 amide bonds. The molecule has 1 unspecified atom stereocenters. The van der Waals surface area contributed by atoms with Crippen LogP contribution in [0, 0.1) is 0 Å². The molecule has 1 rings (SSSR count). The molecule has 0 bridgehead atoms. The number of hydrogen-bond acceptors (Lipinski definition) is 3. The Morgan fingerprint density at radius 2 is 2.00 bits per heavy atom. The van der Waals surface area contributed by atoms with E-state index in [-0.39, 0.29) is 12.6 Å². The third-order valence-electron chi connectivity index (χ3n) is 2.70. The summed E-state index contributed by atoms with van der Waals surface area (Å²) < 4.78 is 5.32. The number of benzene rings is 1. The molecule has 3 nitrogen and oxygen atoms in total. The van der Waals surface area contributed by atoms with E-state index in [1.54, 1.807) is 7.11 Å². The van der Waals surface area contributed by atoms with Crippen LogP contribution in [0.2, 0.25) is 0 Å². The Hall–Kier alpha value is -1.06. The van der Waals surface area contributed by atoms with Crippen molar-refractivity contribution in [1.82, 2.24) is 5.32 Å². The zero-order valence-corrected chi connectivity index (χ0v) is 10.2. The largest absolute Gasteiger partial charge is 0.496 e. The molecular weight excluding hydrogens is 202 g/mol. The van der Waals surface area contributed by atoms with E-state index < -0.39 is 0 Å². The first-order valence-corrected chi connectivity index (χ1v) is 5.68. The van der Waals surface area contributed by atoms with Crippen LogP contribution in [0.4, 0.5) is 0 Å². The average Bonchev–Trinajstić information content (AvgIpc) is 2.29. The molecule has 0 aromatic heterocycles. The van der Waals surface area contributed by atoms with Gasteiger partial charge in [0.05, 0.1) is 7.11 Å². The van der Waals surface area contributed by atoms with Crippen molar-refractivity contribution in [3.8, 4) is 5.75 Å². The second-order valence-corrected chi connectivity index (χ2v) is 4.04. The van der Waals surface area contributed by atoms with Gasteiger partial charge in [-0.25, -0.2) is 0 Å². The number of aliphatic hydroxyl groups excluding tert-OH is 1. The van der Waals surface area contributed by atoms with Crippen molar-refractivity contribution < 1.29 is 9.84 Å². The summed E-state index contributed by atoms with van der Waals surface area (Å²) in [5.74, 6) is 0.902. The maximum atomic E-state index is 8.86. The van der Waals surface area contributed by atoms with E-state index in [0.717, 1.165) is 17.7 Å². The Morgan fingerprint density at radius 3 is 2.62 bits per heavy atom. The fourth-order valence-corrected chi connectivity index (χ4v) is 1.82. The summed E-state index contributed by atoms with van der Waals surface area (Å²) in [6, 6.07) is 8.51. The van der Waals surface area contributed by atoms with Crippen molar-refractivity contribution in [3.05, 3.63) is 29.8 Å². The molecule has 1 aromatic rings. The minimum atomic E-state index is 0.215. The van der Waals surface area contributed by atoms with Gasteiger partial charge in [-0.1, -0.05) is 18.2 Å². The lowest BCUT2D eigenvalue weighted by Crippen LogP contribution is -2.29. The maximum absolute atomic E-state index is 8.86. The molecule has 1 aromatic carbocycles. The normalized spacial score (nSPS) is 14.5. The van der Waals surface area contributed by atoms with E-state index in [1.807, 2.05) is 18.2 Å². The standard InChI is InChI=1S/C13H21NO2/c1-10(8-9-15)14-11(2)12-6-4-5-7-13(12)16-3/h4-7,10-11,14-15H,8-9H2,1-3H3/t10-,11?/m1/s1. The minimum Gasteiger partial charge on any atom is -0.496 e. The third-order valence-corrected chi connectivity index (χ3v) is 2.70. The van der Waals surface area contributed by atoms with Crippen LogP contribution in [0.3, 0.4) is 0 Å². The minimum absolute atomic E-state index is 0.215. The summed E-state index contributed by atoms with van der Waals surface area (Å²) in [5, 5.41) is 12.3. The fraction of sp³-hybridized carbons (Fsp3) is 0.538. The SMILES string of the molecule is COc1ccccc1C(C)N[C@H](C)CCO. The number of nitrogens with one attached hydrogen (secondary N) is 1. The first-order chi connectivity index (χ1) is 7.69. The molecule has 0 saturated carbocycles. The van der Waals surface area contributed by atoms with Gasteiger partial charge in [0.1, 0.15) is 5.75 Å². The van der Waals surface area contributed by atoms with E-state index in [1.165, 1.54) is 0 Å². The van der Waals surface area contributed by atoms with Crippen LogP contribution in [-0.2, 0) is 0 Å². The second kappa shape index (κ2) is 6.51. The molecule has 0 aliphatic heterocycles. The highest BCUT2D eigenvalue weighted by molar-refractivity contribution is 5.35. The summed E-state index contributed by atoms with van der Waals surface area (Å²) in [6.07, 6.45) is 0.763. The predicted molar refractivity (Wildman–Crippen MR) is 65.7 cm³/mol. The summed E-state index contributed by atoms with van der Waals surface area (Å²) in [7, 11) is 1.68. The number of hydrogen-bond donors (Lipinski definition) is 2. The fourth-order valence-electron chi connectivity index (χ4n) is 1.82. The van der Waals surface area contributed by atoms with Crippen molar-refractivity contribution in [1.29, 1.82) is 0 Å². The molecule has 0 aliphatic rings. The smallest absolute Gasteiger partial charge is 0.123 e. The Labute approximate surface area is 97.4 Å². The van der Waals surface area contributed by atoms with Crippen molar-refractivity contribution in [3.63, 3.8) is 0 Å². The van der Waals surface area contributed by atoms with Gasteiger partial charge < -0.3 is 15.2 Å². The number of para-hydroxylation sites is 1. The molecule has 0 radical (unpaired) electrons. The molecule has 0 saturated heterocycles. The number of rotatable bonds is 6. The molecule has 90 valence electrons. The van der Waals surface area contributed by atoms with Gasteiger partial charge in [0.15, 0.2) is 0 Å². The Bertz CT molecular complexity index is 315. The maximum Gasteiger partial charge on any atom is 0.123 e. The first-order valence-electron chi connectivity index (χ1n) is 5.68.